The van der Waals surface area contributed by atoms with Crippen LogP contribution in [0.3, 0.4) is 0 Å². The van der Waals surface area contributed by atoms with E-state index in [1.165, 1.54) is 12.7 Å². The molecule has 1 aliphatic rings. The first kappa shape index (κ1) is 16.6. The van der Waals surface area contributed by atoms with Gasteiger partial charge in [-0.25, -0.2) is 8.42 Å². The van der Waals surface area contributed by atoms with Gasteiger partial charge in [0.2, 0.25) is 0 Å². The molecule has 5 heteroatoms. The molecule has 0 saturated carbocycles. The maximum atomic E-state index is 11.3. The van der Waals surface area contributed by atoms with Crippen LogP contribution in [-0.4, -0.2) is 38.4 Å². The molecule has 0 aliphatic carbocycles. The second kappa shape index (κ2) is 6.97. The molecular formula is C16H27NO3S. The first-order valence-corrected chi connectivity index (χ1v) is 9.95. The lowest BCUT2D eigenvalue weighted by Gasteiger charge is -2.37. The summed E-state index contributed by atoms with van der Waals surface area (Å²) >= 11 is 0. The Bertz CT molecular complexity index is 550. The lowest BCUT2D eigenvalue weighted by molar-refractivity contribution is 0.101. The van der Waals surface area contributed by atoms with Crippen LogP contribution in [0, 0.1) is 5.92 Å². The zero-order valence-electron chi connectivity index (χ0n) is 13.3. The van der Waals surface area contributed by atoms with Gasteiger partial charge in [0.15, 0.2) is 0 Å². The number of nitrogens with zero attached hydrogens (tertiary/aromatic N) is 1. The summed E-state index contributed by atoms with van der Waals surface area (Å²) in [6.07, 6.45) is 5.19. The third-order valence-corrected chi connectivity index (χ3v) is 5.33. The van der Waals surface area contributed by atoms with E-state index in [0.717, 1.165) is 37.5 Å². The van der Waals surface area contributed by atoms with Crippen LogP contribution < -0.4 is 0 Å². The lowest BCUT2D eigenvalue weighted by atomic mass is 9.91. The number of aryl methyl sites for hydroxylation is 1. The molecular weight excluding hydrogens is 286 g/mol. The van der Waals surface area contributed by atoms with Gasteiger partial charge in [0.1, 0.15) is 21.4 Å². The molecule has 120 valence electrons. The summed E-state index contributed by atoms with van der Waals surface area (Å²) in [5.74, 6) is 3.03. The number of hydrogen-bond acceptors (Lipinski definition) is 4. The Hall–Kier alpha value is -0.810. The first-order chi connectivity index (χ1) is 9.89. The first-order valence-electron chi connectivity index (χ1n) is 7.89. The fraction of sp³-hybridized carbons (Fsp3) is 0.750. The van der Waals surface area contributed by atoms with Crippen LogP contribution in [0.2, 0.25) is 0 Å². The highest BCUT2D eigenvalue weighted by Gasteiger charge is 2.29. The van der Waals surface area contributed by atoms with Gasteiger partial charge in [-0.15, -0.1) is 0 Å². The average molecular weight is 313 g/mol. The summed E-state index contributed by atoms with van der Waals surface area (Å²) in [5, 5.41) is 0. The maximum Gasteiger partial charge on any atom is 0.147 e. The van der Waals surface area contributed by atoms with Crippen molar-refractivity contribution in [3.05, 3.63) is 23.7 Å². The third-order valence-electron chi connectivity index (χ3n) is 4.30. The van der Waals surface area contributed by atoms with E-state index in [1.54, 1.807) is 0 Å². The van der Waals surface area contributed by atoms with Crippen LogP contribution in [0.4, 0.5) is 0 Å². The number of sulfone groups is 1. The molecule has 1 aromatic heterocycles. The Kier molecular flexibility index (Phi) is 5.49. The van der Waals surface area contributed by atoms with E-state index in [9.17, 15) is 8.42 Å². The highest BCUT2D eigenvalue weighted by atomic mass is 32.2. The number of hydrogen-bond donors (Lipinski definition) is 0. The van der Waals surface area contributed by atoms with Gasteiger partial charge in [0.25, 0.3) is 0 Å². The Morgan fingerprint density at radius 1 is 1.38 bits per heavy atom. The van der Waals surface area contributed by atoms with Crippen molar-refractivity contribution in [1.29, 1.82) is 0 Å². The predicted molar refractivity (Wildman–Crippen MR) is 85.1 cm³/mol. The summed E-state index contributed by atoms with van der Waals surface area (Å²) < 4.78 is 28.5. The number of piperidine rings is 1. The summed E-state index contributed by atoms with van der Waals surface area (Å²) in [6.45, 7) is 6.23. The van der Waals surface area contributed by atoms with Crippen LogP contribution in [0.1, 0.15) is 50.7 Å². The Morgan fingerprint density at radius 2 is 2.14 bits per heavy atom. The molecule has 2 rings (SSSR count). The van der Waals surface area contributed by atoms with Gasteiger partial charge in [-0.2, -0.15) is 0 Å². The molecule has 0 amide bonds. The zero-order chi connectivity index (χ0) is 15.5. The van der Waals surface area contributed by atoms with Gasteiger partial charge < -0.3 is 4.42 Å². The molecule has 0 radical (unpaired) electrons. The van der Waals surface area contributed by atoms with Gasteiger partial charge in [0, 0.05) is 12.7 Å². The van der Waals surface area contributed by atoms with E-state index in [2.05, 4.69) is 30.9 Å². The van der Waals surface area contributed by atoms with Crippen molar-refractivity contribution in [3.8, 4) is 0 Å². The van der Waals surface area contributed by atoms with E-state index < -0.39 is 9.84 Å². The molecule has 0 unspecified atom stereocenters. The standard InChI is InChI=1S/C16H27NO3S/c1-4-14-6-7-16(20-14)15-12-13(2)8-10-17(15)9-5-11-21(3,18)19/h6-7,13,15H,4-5,8-12H2,1-3H3/t13-,15+/m0/s1. The average Bonchev–Trinajstić information content (AvgIpc) is 2.87. The van der Waals surface area contributed by atoms with Crippen molar-refractivity contribution in [2.45, 2.75) is 45.6 Å². The Labute approximate surface area is 128 Å². The maximum absolute atomic E-state index is 11.3. The van der Waals surface area contributed by atoms with Crippen molar-refractivity contribution in [3.63, 3.8) is 0 Å². The topological polar surface area (TPSA) is 50.5 Å². The third kappa shape index (κ3) is 4.85. The molecule has 0 aromatic carbocycles. The van der Waals surface area contributed by atoms with E-state index in [-0.39, 0.29) is 5.75 Å². The number of likely N-dealkylation sites (tertiary alicyclic amines) is 1. The van der Waals surface area contributed by atoms with E-state index >= 15 is 0 Å². The molecule has 4 nitrogen and oxygen atoms in total. The van der Waals surface area contributed by atoms with Crippen molar-refractivity contribution < 1.29 is 12.8 Å². The Balaban J connectivity index is 2.02. The smallest absolute Gasteiger partial charge is 0.147 e. The number of rotatable bonds is 6. The van der Waals surface area contributed by atoms with Crippen LogP contribution in [0.25, 0.3) is 0 Å². The molecule has 1 aromatic rings. The van der Waals surface area contributed by atoms with E-state index in [4.69, 9.17) is 4.42 Å². The quantitative estimate of drug-likeness (QED) is 0.810. The molecule has 0 bridgehead atoms. The second-order valence-corrected chi connectivity index (χ2v) is 8.58. The van der Waals surface area contributed by atoms with Crippen molar-refractivity contribution in [1.82, 2.24) is 4.90 Å². The van der Waals surface area contributed by atoms with Crippen molar-refractivity contribution in [2.24, 2.45) is 5.92 Å². The van der Waals surface area contributed by atoms with E-state index in [1.807, 2.05) is 0 Å². The van der Waals surface area contributed by atoms with Gasteiger partial charge in [-0.1, -0.05) is 13.8 Å². The van der Waals surface area contributed by atoms with Crippen LogP contribution in [0.15, 0.2) is 16.5 Å². The molecule has 1 fully saturated rings. The normalized spacial score (nSPS) is 24.3. The highest BCUT2D eigenvalue weighted by Crippen LogP contribution is 2.35. The summed E-state index contributed by atoms with van der Waals surface area (Å²) in [5.41, 5.74) is 0. The van der Waals surface area contributed by atoms with Crippen LogP contribution >= 0.6 is 0 Å². The molecule has 0 N–H and O–H groups in total. The monoisotopic (exact) mass is 313 g/mol. The Morgan fingerprint density at radius 3 is 2.76 bits per heavy atom. The molecule has 21 heavy (non-hydrogen) atoms. The fourth-order valence-corrected chi connectivity index (χ4v) is 3.70. The van der Waals surface area contributed by atoms with Crippen LogP contribution in [0.5, 0.6) is 0 Å². The molecule has 1 aliphatic heterocycles. The molecule has 0 spiro atoms. The lowest BCUT2D eigenvalue weighted by Crippen LogP contribution is -2.37. The van der Waals surface area contributed by atoms with Crippen molar-refractivity contribution >= 4 is 9.84 Å². The predicted octanol–water partition coefficient (Wildman–Crippen LogP) is 3.05. The second-order valence-electron chi connectivity index (χ2n) is 6.32. The molecule has 2 atom stereocenters. The van der Waals surface area contributed by atoms with Gasteiger partial charge in [-0.3, -0.25) is 4.90 Å². The minimum absolute atomic E-state index is 0.268. The number of furan rings is 1. The summed E-state index contributed by atoms with van der Waals surface area (Å²) in [4.78, 5) is 2.39. The largest absolute Gasteiger partial charge is 0.464 e. The summed E-state index contributed by atoms with van der Waals surface area (Å²) in [6, 6.07) is 4.45. The van der Waals surface area contributed by atoms with E-state index in [0.29, 0.717) is 18.4 Å². The molecule has 1 saturated heterocycles. The van der Waals surface area contributed by atoms with Gasteiger partial charge in [-0.05, 0) is 50.4 Å². The van der Waals surface area contributed by atoms with Gasteiger partial charge in [0.05, 0.1) is 11.8 Å². The van der Waals surface area contributed by atoms with Gasteiger partial charge >= 0.3 is 0 Å². The van der Waals surface area contributed by atoms with Crippen molar-refractivity contribution in [2.75, 3.05) is 25.1 Å². The fourth-order valence-electron chi connectivity index (χ4n) is 3.05. The minimum Gasteiger partial charge on any atom is -0.464 e. The summed E-state index contributed by atoms with van der Waals surface area (Å²) in [7, 11) is -2.87. The minimum atomic E-state index is -2.87. The SMILES string of the molecule is CCc1ccc([C@H]2C[C@@H](C)CCN2CCCS(C)(=O)=O)o1. The molecule has 2 heterocycles. The zero-order valence-corrected chi connectivity index (χ0v) is 14.2. The van der Waals surface area contributed by atoms with Crippen LogP contribution in [-0.2, 0) is 16.3 Å². The highest BCUT2D eigenvalue weighted by molar-refractivity contribution is 7.90.